The van der Waals surface area contributed by atoms with Crippen molar-refractivity contribution in [3.63, 3.8) is 0 Å². The van der Waals surface area contributed by atoms with E-state index in [1.54, 1.807) is 0 Å². The van der Waals surface area contributed by atoms with E-state index in [-0.39, 0.29) is 11.6 Å². The summed E-state index contributed by atoms with van der Waals surface area (Å²) in [6.07, 6.45) is 5.68. The quantitative estimate of drug-likeness (QED) is 0.136. The molecule has 4 aromatic heterocycles. The lowest BCUT2D eigenvalue weighted by molar-refractivity contribution is 0.0692. The van der Waals surface area contributed by atoms with Gasteiger partial charge in [0, 0.05) is 66.7 Å². The van der Waals surface area contributed by atoms with Gasteiger partial charge in [-0.25, -0.2) is 4.79 Å². The van der Waals surface area contributed by atoms with Gasteiger partial charge < -0.3 is 25.0 Å². The Labute approximate surface area is 243 Å². The van der Waals surface area contributed by atoms with Crippen LogP contribution in [0.25, 0.3) is 55.1 Å². The van der Waals surface area contributed by atoms with E-state index in [4.69, 9.17) is 11.6 Å². The second-order valence-corrected chi connectivity index (χ2v) is 11.3. The molecule has 7 aromatic rings. The molecule has 200 valence electrons. The van der Waals surface area contributed by atoms with Crippen LogP contribution in [0.2, 0.25) is 5.02 Å². The molecule has 0 aliphatic rings. The van der Waals surface area contributed by atoms with Crippen molar-refractivity contribution >= 4 is 66.2 Å². The van der Waals surface area contributed by atoms with Crippen LogP contribution in [-0.2, 0) is 0 Å². The number of nitrogens with one attached hydrogen (secondary N) is 4. The first-order valence-electron chi connectivity index (χ1n) is 12.9. The Bertz CT molecular complexity index is 2010. The molecular weight excluding hydrogens is 588 g/mol. The summed E-state index contributed by atoms with van der Waals surface area (Å²) in [5, 5.41) is 13.8. The van der Waals surface area contributed by atoms with Crippen molar-refractivity contribution in [3.8, 4) is 22.4 Å². The van der Waals surface area contributed by atoms with Crippen LogP contribution in [0.15, 0.2) is 89.8 Å². The zero-order valence-electron chi connectivity index (χ0n) is 21.8. The van der Waals surface area contributed by atoms with E-state index >= 15 is 0 Å². The Morgan fingerprint density at radius 1 is 0.800 bits per heavy atom. The minimum atomic E-state index is -1.01. The van der Waals surface area contributed by atoms with Gasteiger partial charge in [-0.05, 0) is 70.8 Å². The van der Waals surface area contributed by atoms with Crippen LogP contribution in [0, 0.1) is 0 Å². The average molecular weight is 614 g/mol. The topological polar surface area (TPSA) is 100 Å². The maximum absolute atomic E-state index is 12.3. The number of hydrogen-bond donors (Lipinski definition) is 5. The third-order valence-electron chi connectivity index (χ3n) is 7.12. The molecule has 8 heteroatoms. The minimum absolute atomic E-state index is 0.0731. The Hall–Kier alpha value is -4.20. The van der Waals surface area contributed by atoms with E-state index in [0.717, 1.165) is 48.7 Å². The predicted octanol–water partition coefficient (Wildman–Crippen LogP) is 9.72. The van der Waals surface area contributed by atoms with E-state index in [0.29, 0.717) is 10.6 Å². The highest BCUT2D eigenvalue weighted by Crippen LogP contribution is 2.45. The first-order chi connectivity index (χ1) is 19.3. The molecule has 0 unspecified atom stereocenters. The summed E-state index contributed by atoms with van der Waals surface area (Å²) in [5.74, 6) is -0.938. The number of carboxylic acid groups (broad SMARTS) is 1. The molecule has 6 nitrogen and oxygen atoms in total. The smallest absolute Gasteiger partial charge is 0.352 e. The number of carbonyl (C=O) groups is 1. The number of hydrogen-bond acceptors (Lipinski definition) is 1. The lowest BCUT2D eigenvalue weighted by Gasteiger charge is -2.14. The van der Waals surface area contributed by atoms with Gasteiger partial charge in [-0.1, -0.05) is 59.6 Å². The van der Waals surface area contributed by atoms with Crippen molar-refractivity contribution in [1.82, 2.24) is 19.9 Å². The van der Waals surface area contributed by atoms with Gasteiger partial charge in [-0.3, -0.25) is 0 Å². The molecule has 0 bridgehead atoms. The molecule has 0 saturated carbocycles. The van der Waals surface area contributed by atoms with E-state index in [1.165, 1.54) is 10.9 Å². The van der Waals surface area contributed by atoms with Gasteiger partial charge in [-0.15, -0.1) is 0 Å². The van der Waals surface area contributed by atoms with Crippen LogP contribution in [0.5, 0.6) is 0 Å². The predicted molar refractivity (Wildman–Crippen MR) is 167 cm³/mol. The molecule has 0 spiro atoms. The Morgan fingerprint density at radius 3 is 2.15 bits per heavy atom. The van der Waals surface area contributed by atoms with Crippen LogP contribution in [0.4, 0.5) is 0 Å². The Balaban J connectivity index is 0.000000242. The molecule has 0 aliphatic heterocycles. The molecule has 0 atom stereocenters. The monoisotopic (exact) mass is 612 g/mol. The van der Waals surface area contributed by atoms with Gasteiger partial charge in [0.2, 0.25) is 0 Å². The second kappa shape index (κ2) is 10.4. The number of aromatic nitrogens is 4. The third-order valence-corrected chi connectivity index (χ3v) is 7.93. The number of fused-ring (bicyclic) bond motifs is 3. The van der Waals surface area contributed by atoms with Gasteiger partial charge >= 0.3 is 5.97 Å². The molecule has 7 rings (SSSR count). The van der Waals surface area contributed by atoms with E-state index in [1.807, 2.05) is 67.1 Å². The van der Waals surface area contributed by atoms with Crippen molar-refractivity contribution in [1.29, 1.82) is 0 Å². The summed E-state index contributed by atoms with van der Waals surface area (Å²) in [6.45, 7) is 4.14. The van der Waals surface area contributed by atoms with Crippen LogP contribution in [0.1, 0.15) is 35.8 Å². The number of aromatic carboxylic acids is 1. The number of halogens is 2. The maximum Gasteiger partial charge on any atom is 0.352 e. The lowest BCUT2D eigenvalue weighted by Crippen LogP contribution is -2.00. The highest BCUT2D eigenvalue weighted by atomic mass is 79.9. The van der Waals surface area contributed by atoms with Crippen LogP contribution < -0.4 is 0 Å². The zero-order valence-corrected chi connectivity index (χ0v) is 24.1. The van der Waals surface area contributed by atoms with Crippen molar-refractivity contribution in [2.45, 2.75) is 19.8 Å². The fourth-order valence-electron chi connectivity index (χ4n) is 5.32. The van der Waals surface area contributed by atoms with Gasteiger partial charge in [0.05, 0.1) is 5.69 Å². The summed E-state index contributed by atoms with van der Waals surface area (Å²) in [7, 11) is 0. The lowest BCUT2D eigenvalue weighted by atomic mass is 9.89. The van der Waals surface area contributed by atoms with Crippen molar-refractivity contribution in [3.05, 3.63) is 106 Å². The molecule has 0 saturated heterocycles. The van der Waals surface area contributed by atoms with Gasteiger partial charge in [0.15, 0.2) is 0 Å². The van der Waals surface area contributed by atoms with Crippen molar-refractivity contribution in [2.75, 3.05) is 0 Å². The van der Waals surface area contributed by atoms with Gasteiger partial charge in [0.25, 0.3) is 0 Å². The highest BCUT2D eigenvalue weighted by molar-refractivity contribution is 9.10. The van der Waals surface area contributed by atoms with Gasteiger partial charge in [-0.2, -0.15) is 0 Å². The normalized spacial score (nSPS) is 11.4. The largest absolute Gasteiger partial charge is 0.477 e. The third kappa shape index (κ3) is 4.61. The van der Waals surface area contributed by atoms with E-state index in [9.17, 15) is 9.90 Å². The van der Waals surface area contributed by atoms with E-state index < -0.39 is 5.97 Å². The summed E-state index contributed by atoms with van der Waals surface area (Å²) >= 11 is 10.0. The number of rotatable bonds is 4. The number of H-pyrrole nitrogens is 4. The fourth-order valence-corrected chi connectivity index (χ4v) is 5.94. The zero-order chi connectivity index (χ0) is 28.0. The molecule has 0 amide bonds. The molecule has 0 fully saturated rings. The summed E-state index contributed by atoms with van der Waals surface area (Å²) in [6, 6.07) is 22.0. The molecule has 5 N–H and O–H groups in total. The fraction of sp³-hybridized carbons (Fsp3) is 0.0938. The first kappa shape index (κ1) is 26.0. The SMILES string of the molecule is Brc1ccc2cc[nH]c2c1.CC(C)c1c(-c2ccc3cc[nH]c3c2)[nH]c(C(=O)O)c1-c1c(Cl)ccc2[nH]ccc12. The molecule has 3 aromatic carbocycles. The summed E-state index contributed by atoms with van der Waals surface area (Å²) < 4.78 is 1.11. The standard InChI is InChI=1S/C24H20ClN3O2.C8H6BrN/c1-12(2)19-21(20-15-8-10-26-17(15)6-5-16(20)25)23(24(29)30)28-22(19)14-4-3-13-7-9-27-18(13)11-14;9-7-2-1-6-3-4-10-8(6)5-7/h3-12,26-28H,1-2H3,(H,29,30);1-5,10H. The molecule has 0 radical (unpaired) electrons. The Morgan fingerprint density at radius 2 is 1.45 bits per heavy atom. The molecule has 0 aliphatic carbocycles. The maximum atomic E-state index is 12.3. The van der Waals surface area contributed by atoms with E-state index in [2.05, 4.69) is 67.9 Å². The highest BCUT2D eigenvalue weighted by Gasteiger charge is 2.28. The van der Waals surface area contributed by atoms with Crippen LogP contribution in [-0.4, -0.2) is 31.0 Å². The average Bonchev–Trinajstić information content (AvgIpc) is 3.73. The summed E-state index contributed by atoms with van der Waals surface area (Å²) in [5.41, 5.74) is 7.29. The first-order valence-corrected chi connectivity index (χ1v) is 14.0. The van der Waals surface area contributed by atoms with Crippen LogP contribution in [0.3, 0.4) is 0 Å². The number of carboxylic acids is 1. The van der Waals surface area contributed by atoms with Crippen LogP contribution >= 0.6 is 27.5 Å². The second-order valence-electron chi connectivity index (χ2n) is 9.97. The molecule has 40 heavy (non-hydrogen) atoms. The summed E-state index contributed by atoms with van der Waals surface area (Å²) in [4.78, 5) is 25.0. The Kier molecular flexibility index (Phi) is 6.78. The molecule has 4 heterocycles. The van der Waals surface area contributed by atoms with Gasteiger partial charge in [0.1, 0.15) is 5.69 Å². The van der Waals surface area contributed by atoms with Crippen molar-refractivity contribution < 1.29 is 9.90 Å². The molecular formula is C32H26BrClN4O2. The minimum Gasteiger partial charge on any atom is -0.477 e. The number of aromatic amines is 4. The van der Waals surface area contributed by atoms with Crippen molar-refractivity contribution in [2.24, 2.45) is 0 Å². The number of benzene rings is 3.